The molecule has 3 heterocycles. The molecule has 22 heavy (non-hydrogen) atoms. The molecule has 0 aliphatic heterocycles. The van der Waals surface area contributed by atoms with Gasteiger partial charge in [0.05, 0.1) is 0 Å². The minimum Gasteiger partial charge on any atom is -0.350 e. The molecule has 1 N–H and O–H groups in total. The first-order chi connectivity index (χ1) is 10.8. The minimum atomic E-state index is -0.111. The number of fused-ring (bicyclic) bond motifs is 1. The quantitative estimate of drug-likeness (QED) is 0.744. The van der Waals surface area contributed by atoms with Gasteiger partial charge in [-0.25, -0.2) is 0 Å². The molecule has 0 unspecified atom stereocenters. The summed E-state index contributed by atoms with van der Waals surface area (Å²) >= 11 is 0. The highest BCUT2D eigenvalue weighted by Crippen LogP contribution is 2.04. The highest BCUT2D eigenvalue weighted by atomic mass is 16.2. The lowest BCUT2D eigenvalue weighted by molar-refractivity contribution is 0.0943. The van der Waals surface area contributed by atoms with Crippen molar-refractivity contribution in [1.29, 1.82) is 0 Å². The zero-order valence-electron chi connectivity index (χ0n) is 12.4. The van der Waals surface area contributed by atoms with Crippen molar-refractivity contribution in [3.8, 4) is 0 Å². The van der Waals surface area contributed by atoms with Gasteiger partial charge in [-0.1, -0.05) is 13.0 Å². The van der Waals surface area contributed by atoms with Crippen LogP contribution in [0.1, 0.15) is 29.7 Å². The highest BCUT2D eigenvalue weighted by Gasteiger charge is 2.11. The van der Waals surface area contributed by atoms with Gasteiger partial charge in [0, 0.05) is 31.9 Å². The lowest BCUT2D eigenvalue weighted by Crippen LogP contribution is -2.28. The number of carbonyl (C=O) groups is 1. The van der Waals surface area contributed by atoms with Gasteiger partial charge in [0.25, 0.3) is 5.91 Å². The fourth-order valence-corrected chi connectivity index (χ4v) is 2.36. The van der Waals surface area contributed by atoms with Crippen molar-refractivity contribution in [2.75, 3.05) is 6.54 Å². The highest BCUT2D eigenvalue weighted by molar-refractivity contribution is 5.92. The van der Waals surface area contributed by atoms with Crippen LogP contribution in [0.15, 0.2) is 36.7 Å². The van der Waals surface area contributed by atoms with Crippen LogP contribution in [0.5, 0.6) is 0 Å². The first kappa shape index (κ1) is 14.2. The Morgan fingerprint density at radius 2 is 2.18 bits per heavy atom. The summed E-state index contributed by atoms with van der Waals surface area (Å²) in [5, 5.41) is 15.3. The molecule has 7 nitrogen and oxygen atoms in total. The molecule has 0 aliphatic carbocycles. The summed E-state index contributed by atoms with van der Waals surface area (Å²) < 4.78 is 3.65. The van der Waals surface area contributed by atoms with E-state index in [0.717, 1.165) is 24.4 Å². The van der Waals surface area contributed by atoms with Crippen LogP contribution in [0, 0.1) is 0 Å². The molecule has 0 aromatic carbocycles. The second-order valence-corrected chi connectivity index (χ2v) is 4.99. The molecular weight excluding hydrogens is 280 g/mol. The maximum Gasteiger partial charge on any atom is 0.269 e. The zero-order valence-corrected chi connectivity index (χ0v) is 12.4. The average molecular weight is 298 g/mol. The van der Waals surface area contributed by atoms with Crippen LogP contribution in [-0.2, 0) is 13.0 Å². The molecule has 1 amide bonds. The molecule has 0 aliphatic rings. The monoisotopic (exact) mass is 298 g/mol. The molecule has 0 fully saturated rings. The number of rotatable bonds is 6. The summed E-state index contributed by atoms with van der Waals surface area (Å²) in [7, 11) is 0. The Morgan fingerprint density at radius 1 is 1.27 bits per heavy atom. The van der Waals surface area contributed by atoms with Crippen molar-refractivity contribution in [3.63, 3.8) is 0 Å². The van der Waals surface area contributed by atoms with E-state index in [0.29, 0.717) is 18.7 Å². The Balaban J connectivity index is 1.61. The van der Waals surface area contributed by atoms with E-state index >= 15 is 0 Å². The Hall–Kier alpha value is -2.70. The van der Waals surface area contributed by atoms with Gasteiger partial charge in [-0.3, -0.25) is 13.9 Å². The molecule has 0 saturated heterocycles. The van der Waals surface area contributed by atoms with E-state index in [-0.39, 0.29) is 5.91 Å². The number of nitrogens with zero attached hydrogens (tertiary/aromatic N) is 5. The van der Waals surface area contributed by atoms with E-state index in [1.165, 1.54) is 0 Å². The van der Waals surface area contributed by atoms with Crippen molar-refractivity contribution < 1.29 is 4.79 Å². The topological polar surface area (TPSA) is 77.1 Å². The van der Waals surface area contributed by atoms with Crippen LogP contribution in [0.4, 0.5) is 0 Å². The van der Waals surface area contributed by atoms with E-state index in [4.69, 9.17) is 0 Å². The van der Waals surface area contributed by atoms with Crippen molar-refractivity contribution in [1.82, 2.24) is 29.7 Å². The van der Waals surface area contributed by atoms with Gasteiger partial charge in [-0.2, -0.15) is 5.10 Å². The number of hydrogen-bond acceptors (Lipinski definition) is 4. The van der Waals surface area contributed by atoms with E-state index < -0.39 is 0 Å². The van der Waals surface area contributed by atoms with Crippen molar-refractivity contribution >= 4 is 11.6 Å². The Kier molecular flexibility index (Phi) is 4.13. The molecule has 0 spiro atoms. The number of pyridine rings is 1. The van der Waals surface area contributed by atoms with Crippen LogP contribution >= 0.6 is 0 Å². The van der Waals surface area contributed by atoms with Crippen molar-refractivity contribution in [3.05, 3.63) is 48.2 Å². The fraction of sp³-hybridized carbons (Fsp3) is 0.333. The smallest absolute Gasteiger partial charge is 0.269 e. The first-order valence-corrected chi connectivity index (χ1v) is 7.38. The number of aryl methyl sites for hydroxylation is 1. The number of aromatic nitrogens is 5. The molecule has 3 aromatic heterocycles. The third kappa shape index (κ3) is 2.83. The Morgan fingerprint density at radius 3 is 3.05 bits per heavy atom. The van der Waals surface area contributed by atoms with Crippen molar-refractivity contribution in [2.45, 2.75) is 26.3 Å². The zero-order chi connectivity index (χ0) is 15.4. The standard InChI is InChI=1S/C15H18N6O/c1-2-10-21-12(6-9-17-21)15(22)16-8-7-14-19-18-13-5-3-4-11-20(13)14/h3-6,9,11H,2,7-8,10H2,1H3,(H,16,22). The average Bonchev–Trinajstić information content (AvgIpc) is 3.15. The largest absolute Gasteiger partial charge is 0.350 e. The number of amides is 1. The number of carbonyl (C=O) groups excluding carboxylic acids is 1. The summed E-state index contributed by atoms with van der Waals surface area (Å²) in [5.74, 6) is 0.720. The molecule has 3 rings (SSSR count). The second-order valence-electron chi connectivity index (χ2n) is 4.99. The summed E-state index contributed by atoms with van der Waals surface area (Å²) in [6.45, 7) is 3.30. The van der Waals surface area contributed by atoms with E-state index in [1.807, 2.05) is 28.8 Å². The second kappa shape index (κ2) is 6.38. The van der Waals surface area contributed by atoms with E-state index in [1.54, 1.807) is 16.9 Å². The van der Waals surface area contributed by atoms with E-state index in [9.17, 15) is 4.79 Å². The molecule has 0 atom stereocenters. The minimum absolute atomic E-state index is 0.111. The Labute approximate surface area is 128 Å². The van der Waals surface area contributed by atoms with E-state index in [2.05, 4.69) is 27.5 Å². The number of hydrogen-bond donors (Lipinski definition) is 1. The van der Waals surface area contributed by atoms with Crippen LogP contribution in [0.2, 0.25) is 0 Å². The van der Waals surface area contributed by atoms with Gasteiger partial charge in [0.2, 0.25) is 0 Å². The molecular formula is C15H18N6O. The van der Waals surface area contributed by atoms with Gasteiger partial charge in [-0.15, -0.1) is 10.2 Å². The third-order valence-corrected chi connectivity index (χ3v) is 3.40. The van der Waals surface area contributed by atoms with Crippen LogP contribution < -0.4 is 5.32 Å². The SMILES string of the molecule is CCCn1nccc1C(=O)NCCc1nnc2ccccn12. The van der Waals surface area contributed by atoms with Crippen LogP contribution in [-0.4, -0.2) is 36.8 Å². The lowest BCUT2D eigenvalue weighted by Gasteiger charge is -2.07. The Bertz CT molecular complexity index is 775. The summed E-state index contributed by atoms with van der Waals surface area (Å²) in [5.41, 5.74) is 1.40. The van der Waals surface area contributed by atoms with Gasteiger partial charge in [0.15, 0.2) is 5.65 Å². The molecule has 3 aromatic rings. The maximum atomic E-state index is 12.2. The first-order valence-electron chi connectivity index (χ1n) is 7.38. The maximum absolute atomic E-state index is 12.2. The predicted molar refractivity (Wildman–Crippen MR) is 81.5 cm³/mol. The van der Waals surface area contributed by atoms with Crippen LogP contribution in [0.3, 0.4) is 0 Å². The summed E-state index contributed by atoms with van der Waals surface area (Å²) in [6.07, 6.45) is 5.13. The molecule has 7 heteroatoms. The normalized spacial score (nSPS) is 11.0. The lowest BCUT2D eigenvalue weighted by atomic mass is 10.3. The molecule has 114 valence electrons. The molecule has 0 saturated carbocycles. The van der Waals surface area contributed by atoms with Gasteiger partial charge >= 0.3 is 0 Å². The third-order valence-electron chi connectivity index (χ3n) is 3.40. The van der Waals surface area contributed by atoms with Crippen LogP contribution in [0.25, 0.3) is 5.65 Å². The molecule has 0 bridgehead atoms. The predicted octanol–water partition coefficient (Wildman–Crippen LogP) is 1.31. The van der Waals surface area contributed by atoms with Gasteiger partial charge < -0.3 is 5.32 Å². The van der Waals surface area contributed by atoms with Crippen molar-refractivity contribution in [2.24, 2.45) is 0 Å². The fourth-order valence-electron chi connectivity index (χ4n) is 2.36. The summed E-state index contributed by atoms with van der Waals surface area (Å²) in [6, 6.07) is 7.49. The van der Waals surface area contributed by atoms with Gasteiger partial charge in [0.1, 0.15) is 11.5 Å². The van der Waals surface area contributed by atoms with Gasteiger partial charge in [-0.05, 0) is 24.6 Å². The summed E-state index contributed by atoms with van der Waals surface area (Å²) in [4.78, 5) is 12.2. The number of nitrogens with one attached hydrogen (secondary N) is 1. The molecule has 0 radical (unpaired) electrons.